The molecule has 0 saturated carbocycles. The Morgan fingerprint density at radius 1 is 1.14 bits per heavy atom. The van der Waals surface area contributed by atoms with Crippen LogP contribution in [0.5, 0.6) is 0 Å². The smallest absolute Gasteiger partial charge is 0.353 e. The molecule has 0 radical (unpaired) electrons. The third-order valence-electron chi connectivity index (χ3n) is 4.64. The Kier molecular flexibility index (Phi) is 5.02. The third-order valence-corrected chi connectivity index (χ3v) is 5.33. The molecule has 148 valence electrons. The zero-order valence-electron chi connectivity index (χ0n) is 14.6. The molecular weight excluding hydrogens is 413 g/mol. The highest BCUT2D eigenvalue weighted by Gasteiger charge is 2.32. The summed E-state index contributed by atoms with van der Waals surface area (Å²) in [4.78, 5) is 8.01. The van der Waals surface area contributed by atoms with Gasteiger partial charge in [-0.05, 0) is 30.4 Å². The number of fused-ring (bicyclic) bond motifs is 1. The van der Waals surface area contributed by atoms with Gasteiger partial charge in [0.05, 0.1) is 17.3 Å². The molecule has 0 spiro atoms. The van der Waals surface area contributed by atoms with Crippen molar-refractivity contribution in [2.45, 2.75) is 12.8 Å². The third kappa shape index (κ3) is 3.71. The van der Waals surface area contributed by atoms with Gasteiger partial charge in [-0.3, -0.25) is 9.30 Å². The minimum atomic E-state index is -4.46. The van der Waals surface area contributed by atoms with Gasteiger partial charge in [-0.2, -0.15) is 18.3 Å². The molecule has 0 atom stereocenters. The second-order valence-electron chi connectivity index (χ2n) is 6.48. The molecule has 0 bridgehead atoms. The second kappa shape index (κ2) is 7.34. The summed E-state index contributed by atoms with van der Waals surface area (Å²) in [6.45, 7) is 3.11. The summed E-state index contributed by atoms with van der Waals surface area (Å²) >= 11 is 11.5. The molecule has 4 rings (SSSR count). The maximum absolute atomic E-state index is 12.8. The zero-order valence-corrected chi connectivity index (χ0v) is 16.2. The normalized spacial score (nSPS) is 16.1. The highest BCUT2D eigenvalue weighted by Crippen LogP contribution is 2.33. The van der Waals surface area contributed by atoms with E-state index in [1.165, 1.54) is 0 Å². The quantitative estimate of drug-likeness (QED) is 0.595. The molecule has 0 N–H and O–H groups in total. The summed E-state index contributed by atoms with van der Waals surface area (Å²) in [6.07, 6.45) is -1.76. The summed E-state index contributed by atoms with van der Waals surface area (Å²) < 4.78 is 42.5. The molecule has 0 aromatic carbocycles. The fourth-order valence-corrected chi connectivity index (χ4v) is 3.71. The van der Waals surface area contributed by atoms with Crippen molar-refractivity contribution >= 4 is 35.3 Å². The van der Waals surface area contributed by atoms with E-state index in [-0.39, 0.29) is 5.02 Å². The summed E-state index contributed by atoms with van der Waals surface area (Å²) in [5.74, 6) is 0.374. The van der Waals surface area contributed by atoms with Crippen molar-refractivity contribution in [1.29, 1.82) is 0 Å². The minimum Gasteiger partial charge on any atom is -0.353 e. The van der Waals surface area contributed by atoms with Gasteiger partial charge in [-0.15, -0.1) is 0 Å². The Morgan fingerprint density at radius 2 is 1.89 bits per heavy atom. The van der Waals surface area contributed by atoms with Crippen LogP contribution >= 0.6 is 23.8 Å². The number of pyridine rings is 2. The largest absolute Gasteiger partial charge is 0.417 e. The first kappa shape index (κ1) is 19.2. The molecule has 3 aromatic heterocycles. The van der Waals surface area contributed by atoms with Gasteiger partial charge in [0.1, 0.15) is 5.82 Å². The van der Waals surface area contributed by atoms with E-state index in [9.17, 15) is 13.2 Å². The fourth-order valence-electron chi connectivity index (χ4n) is 3.17. The standard InChI is InChI=1S/C17H16ClF3N6S/c18-13-9-12(17(19,20)21)10-22-15(13)25-7-5-24(6-8-25)11-27-16(28)26-4-2-1-3-14(26)23-27/h1-4,9-10H,5-8,11H2. The number of halogens is 4. The SMILES string of the molecule is FC(F)(F)c1cnc(N2CCN(Cn3nc4ccccn4c3=S)CC2)c(Cl)c1. The van der Waals surface area contributed by atoms with Gasteiger partial charge in [0.15, 0.2) is 5.65 Å². The van der Waals surface area contributed by atoms with Gasteiger partial charge >= 0.3 is 6.18 Å². The zero-order chi connectivity index (χ0) is 19.9. The maximum atomic E-state index is 12.8. The van der Waals surface area contributed by atoms with Crippen LogP contribution in [0, 0.1) is 4.77 Å². The van der Waals surface area contributed by atoms with Crippen LogP contribution in [-0.2, 0) is 12.8 Å². The summed E-state index contributed by atoms with van der Waals surface area (Å²) in [7, 11) is 0. The Hall–Kier alpha value is -2.17. The molecule has 0 unspecified atom stereocenters. The van der Waals surface area contributed by atoms with Gasteiger partial charge in [0, 0.05) is 38.6 Å². The molecule has 28 heavy (non-hydrogen) atoms. The number of hydrogen-bond acceptors (Lipinski definition) is 5. The van der Waals surface area contributed by atoms with E-state index in [0.717, 1.165) is 17.9 Å². The first-order valence-electron chi connectivity index (χ1n) is 8.57. The van der Waals surface area contributed by atoms with Crippen LogP contribution in [0.3, 0.4) is 0 Å². The number of alkyl halides is 3. The van der Waals surface area contributed by atoms with Crippen LogP contribution in [0.15, 0.2) is 36.7 Å². The average Bonchev–Trinajstić information content (AvgIpc) is 2.98. The van der Waals surface area contributed by atoms with Crippen LogP contribution < -0.4 is 4.90 Å². The molecule has 3 aromatic rings. The number of aromatic nitrogens is 4. The average molecular weight is 429 g/mol. The molecule has 11 heteroatoms. The number of anilines is 1. The van der Waals surface area contributed by atoms with E-state index in [0.29, 0.717) is 43.4 Å². The lowest BCUT2D eigenvalue weighted by Crippen LogP contribution is -2.47. The molecule has 1 aliphatic heterocycles. The lowest BCUT2D eigenvalue weighted by atomic mass is 10.2. The monoisotopic (exact) mass is 428 g/mol. The van der Waals surface area contributed by atoms with Gasteiger partial charge in [0.25, 0.3) is 0 Å². The van der Waals surface area contributed by atoms with Crippen molar-refractivity contribution < 1.29 is 13.2 Å². The number of nitrogens with zero attached hydrogens (tertiary/aromatic N) is 6. The van der Waals surface area contributed by atoms with Crippen LogP contribution in [0.4, 0.5) is 19.0 Å². The number of rotatable bonds is 3. The fraction of sp³-hybridized carbons (Fsp3) is 0.353. The molecule has 1 saturated heterocycles. The van der Waals surface area contributed by atoms with Gasteiger partial charge in [0.2, 0.25) is 4.77 Å². The molecule has 1 aliphatic rings. The van der Waals surface area contributed by atoms with Gasteiger partial charge in [-0.25, -0.2) is 9.67 Å². The van der Waals surface area contributed by atoms with Crippen molar-refractivity contribution in [2.75, 3.05) is 31.1 Å². The first-order valence-corrected chi connectivity index (χ1v) is 9.36. The predicted molar refractivity (Wildman–Crippen MR) is 102 cm³/mol. The van der Waals surface area contributed by atoms with Crippen LogP contribution in [-0.4, -0.2) is 50.2 Å². The lowest BCUT2D eigenvalue weighted by Gasteiger charge is -2.35. The Labute approximate surface area is 168 Å². The van der Waals surface area contributed by atoms with Crippen LogP contribution in [0.1, 0.15) is 5.56 Å². The van der Waals surface area contributed by atoms with Crippen molar-refractivity contribution in [2.24, 2.45) is 0 Å². The van der Waals surface area contributed by atoms with Gasteiger partial charge < -0.3 is 4.90 Å². The minimum absolute atomic E-state index is 0.00541. The molecular formula is C17H16ClF3N6S. The first-order chi connectivity index (χ1) is 13.3. The summed E-state index contributed by atoms with van der Waals surface area (Å²) in [6, 6.07) is 6.62. The van der Waals surface area contributed by atoms with E-state index in [1.54, 1.807) is 4.68 Å². The van der Waals surface area contributed by atoms with E-state index in [2.05, 4.69) is 15.0 Å². The Morgan fingerprint density at radius 3 is 2.54 bits per heavy atom. The van der Waals surface area contributed by atoms with Crippen molar-refractivity contribution in [3.05, 3.63) is 52.0 Å². The topological polar surface area (TPSA) is 41.6 Å². The van der Waals surface area contributed by atoms with Crippen LogP contribution in [0.2, 0.25) is 5.02 Å². The molecule has 1 fully saturated rings. The summed E-state index contributed by atoms with van der Waals surface area (Å²) in [5, 5.41) is 4.52. The van der Waals surface area contributed by atoms with Crippen molar-refractivity contribution in [1.82, 2.24) is 24.1 Å². The highest BCUT2D eigenvalue weighted by molar-refractivity contribution is 7.71. The molecule has 0 amide bonds. The second-order valence-corrected chi connectivity index (χ2v) is 7.26. The maximum Gasteiger partial charge on any atom is 0.417 e. The Bertz CT molecular complexity index is 1050. The van der Waals surface area contributed by atoms with Crippen LogP contribution in [0.25, 0.3) is 5.65 Å². The number of hydrogen-bond donors (Lipinski definition) is 0. The predicted octanol–water partition coefficient (Wildman–Crippen LogP) is 3.71. The molecule has 4 heterocycles. The number of piperazine rings is 1. The molecule has 0 aliphatic carbocycles. The van der Waals surface area contributed by atoms with Crippen molar-refractivity contribution in [3.8, 4) is 0 Å². The Balaban J connectivity index is 1.43. The van der Waals surface area contributed by atoms with E-state index in [4.69, 9.17) is 23.8 Å². The van der Waals surface area contributed by atoms with Gasteiger partial charge in [-0.1, -0.05) is 17.7 Å². The molecule has 6 nitrogen and oxygen atoms in total. The van der Waals surface area contributed by atoms with E-state index < -0.39 is 11.7 Å². The lowest BCUT2D eigenvalue weighted by molar-refractivity contribution is -0.137. The van der Waals surface area contributed by atoms with E-state index in [1.807, 2.05) is 33.7 Å². The summed E-state index contributed by atoms with van der Waals surface area (Å²) in [5.41, 5.74) is -0.0621. The van der Waals surface area contributed by atoms with Crippen molar-refractivity contribution in [3.63, 3.8) is 0 Å². The highest BCUT2D eigenvalue weighted by atomic mass is 35.5. The van der Waals surface area contributed by atoms with E-state index >= 15 is 0 Å².